The van der Waals surface area contributed by atoms with Gasteiger partial charge in [-0.05, 0) is 36.8 Å². The van der Waals surface area contributed by atoms with Crippen molar-refractivity contribution in [2.75, 3.05) is 38.1 Å². The molecule has 1 amide bonds. The number of nitrogens with one attached hydrogen (secondary N) is 1. The van der Waals surface area contributed by atoms with Crippen molar-refractivity contribution in [2.24, 2.45) is 0 Å². The van der Waals surface area contributed by atoms with Crippen molar-refractivity contribution in [1.29, 1.82) is 0 Å². The molecule has 0 aliphatic carbocycles. The molecule has 3 aromatic rings. The number of halogens is 1. The van der Waals surface area contributed by atoms with Crippen LogP contribution in [-0.4, -0.2) is 54.0 Å². The molecule has 3 heterocycles. The first-order valence-corrected chi connectivity index (χ1v) is 11.4. The number of nitrogens with zero attached hydrogens (tertiary/aromatic N) is 4. The Kier molecular flexibility index (Phi) is 7.54. The van der Waals surface area contributed by atoms with Crippen LogP contribution in [0.2, 0.25) is 5.02 Å². The molecule has 0 unspecified atom stereocenters. The standard InChI is InChI=1S/C25H28ClN5O2/c1-18-3-4-20(15-28-18)17-33-24-14-21(26)13-23(29-24)25(32)30(2)22-7-5-19(6-8-22)16-31-11-9-27-10-12-31/h3-8,13-15,27H,9-12,16-17H2,1-2H3. The minimum absolute atomic E-state index is 0.229. The highest BCUT2D eigenvalue weighted by Gasteiger charge is 2.18. The highest BCUT2D eigenvalue weighted by molar-refractivity contribution is 6.31. The van der Waals surface area contributed by atoms with Crippen molar-refractivity contribution < 1.29 is 9.53 Å². The minimum Gasteiger partial charge on any atom is -0.473 e. The number of pyridine rings is 2. The fraction of sp³-hybridized carbons (Fsp3) is 0.320. The molecule has 7 nitrogen and oxygen atoms in total. The summed E-state index contributed by atoms with van der Waals surface area (Å²) in [5.74, 6) is 0.0420. The Labute approximate surface area is 199 Å². The maximum atomic E-state index is 13.1. The third-order valence-electron chi connectivity index (χ3n) is 5.59. The second kappa shape index (κ2) is 10.7. The third kappa shape index (κ3) is 6.28. The fourth-order valence-corrected chi connectivity index (χ4v) is 3.84. The zero-order valence-corrected chi connectivity index (χ0v) is 19.7. The highest BCUT2D eigenvalue weighted by Crippen LogP contribution is 2.22. The van der Waals surface area contributed by atoms with E-state index in [9.17, 15) is 4.79 Å². The molecule has 0 radical (unpaired) electrons. The molecule has 0 saturated carbocycles. The molecular formula is C25H28ClN5O2. The van der Waals surface area contributed by atoms with Gasteiger partial charge in [0.05, 0.1) is 0 Å². The summed E-state index contributed by atoms with van der Waals surface area (Å²) in [5, 5.41) is 3.76. The summed E-state index contributed by atoms with van der Waals surface area (Å²) in [4.78, 5) is 25.7. The zero-order valence-electron chi connectivity index (χ0n) is 18.9. The summed E-state index contributed by atoms with van der Waals surface area (Å²) < 4.78 is 5.76. The van der Waals surface area contributed by atoms with Gasteiger partial charge in [0.25, 0.3) is 5.91 Å². The molecular weight excluding hydrogens is 438 g/mol. The van der Waals surface area contributed by atoms with Gasteiger partial charge in [-0.2, -0.15) is 0 Å². The van der Waals surface area contributed by atoms with Crippen LogP contribution in [0.4, 0.5) is 5.69 Å². The monoisotopic (exact) mass is 465 g/mol. The maximum absolute atomic E-state index is 13.1. The molecule has 1 saturated heterocycles. The van der Waals surface area contributed by atoms with Crippen molar-refractivity contribution in [2.45, 2.75) is 20.1 Å². The van der Waals surface area contributed by atoms with E-state index in [1.54, 1.807) is 30.3 Å². The molecule has 1 aliphatic heterocycles. The number of ether oxygens (including phenoxy) is 1. The van der Waals surface area contributed by atoms with Gasteiger partial charge < -0.3 is 15.0 Å². The van der Waals surface area contributed by atoms with Crippen LogP contribution in [0, 0.1) is 6.92 Å². The van der Waals surface area contributed by atoms with Gasteiger partial charge in [0, 0.05) is 74.0 Å². The molecule has 8 heteroatoms. The predicted octanol–water partition coefficient (Wildman–Crippen LogP) is 3.70. The highest BCUT2D eigenvalue weighted by atomic mass is 35.5. The molecule has 1 aliphatic rings. The van der Waals surface area contributed by atoms with Gasteiger partial charge in [0.1, 0.15) is 12.3 Å². The van der Waals surface area contributed by atoms with Crippen molar-refractivity contribution in [3.05, 3.63) is 82.3 Å². The van der Waals surface area contributed by atoms with E-state index in [0.717, 1.165) is 49.7 Å². The van der Waals surface area contributed by atoms with Gasteiger partial charge in [0.2, 0.25) is 5.88 Å². The largest absolute Gasteiger partial charge is 0.473 e. The Morgan fingerprint density at radius 3 is 2.55 bits per heavy atom. The van der Waals surface area contributed by atoms with Crippen molar-refractivity contribution in [3.8, 4) is 5.88 Å². The summed E-state index contributed by atoms with van der Waals surface area (Å²) in [5.41, 5.74) is 4.09. The first-order valence-electron chi connectivity index (χ1n) is 11.0. The fourth-order valence-electron chi connectivity index (χ4n) is 3.64. The molecule has 2 aromatic heterocycles. The lowest BCUT2D eigenvalue weighted by molar-refractivity contribution is 0.0987. The number of carbonyl (C=O) groups is 1. The number of anilines is 1. The average molecular weight is 466 g/mol. The van der Waals surface area contributed by atoms with E-state index in [2.05, 4.69) is 32.3 Å². The number of hydrogen-bond acceptors (Lipinski definition) is 6. The summed E-state index contributed by atoms with van der Waals surface area (Å²) in [6.45, 7) is 7.27. The number of hydrogen-bond donors (Lipinski definition) is 1. The van der Waals surface area contributed by atoms with Gasteiger partial charge in [-0.15, -0.1) is 0 Å². The van der Waals surface area contributed by atoms with Gasteiger partial charge in [-0.1, -0.05) is 29.8 Å². The first-order chi connectivity index (χ1) is 16.0. The summed E-state index contributed by atoms with van der Waals surface area (Å²) >= 11 is 6.25. The van der Waals surface area contributed by atoms with Crippen LogP contribution >= 0.6 is 11.6 Å². The zero-order chi connectivity index (χ0) is 23.2. The molecule has 1 aromatic carbocycles. The Hall–Kier alpha value is -3.00. The van der Waals surface area contributed by atoms with Crippen LogP contribution in [-0.2, 0) is 13.2 Å². The Morgan fingerprint density at radius 1 is 1.12 bits per heavy atom. The van der Waals surface area contributed by atoms with Crippen LogP contribution in [0.5, 0.6) is 5.88 Å². The predicted molar refractivity (Wildman–Crippen MR) is 130 cm³/mol. The number of amides is 1. The lowest BCUT2D eigenvalue weighted by Crippen LogP contribution is -2.42. The lowest BCUT2D eigenvalue weighted by atomic mass is 10.1. The van der Waals surface area contributed by atoms with Crippen molar-refractivity contribution in [3.63, 3.8) is 0 Å². The molecule has 0 bridgehead atoms. The van der Waals surface area contributed by atoms with Gasteiger partial charge in [-0.25, -0.2) is 4.98 Å². The van der Waals surface area contributed by atoms with Crippen LogP contribution in [0.25, 0.3) is 0 Å². The normalized spacial score (nSPS) is 14.2. The smallest absolute Gasteiger partial charge is 0.276 e. The number of aryl methyl sites for hydroxylation is 1. The number of piperazine rings is 1. The number of benzene rings is 1. The Bertz CT molecular complexity index is 1080. The first kappa shape index (κ1) is 23.2. The lowest BCUT2D eigenvalue weighted by Gasteiger charge is -2.27. The number of carbonyl (C=O) groups excluding carboxylic acids is 1. The Balaban J connectivity index is 1.41. The van der Waals surface area contributed by atoms with Crippen LogP contribution < -0.4 is 15.0 Å². The number of rotatable bonds is 7. The average Bonchev–Trinajstić information content (AvgIpc) is 2.83. The van der Waals surface area contributed by atoms with E-state index in [1.165, 1.54) is 5.56 Å². The van der Waals surface area contributed by atoms with E-state index >= 15 is 0 Å². The maximum Gasteiger partial charge on any atom is 0.276 e. The topological polar surface area (TPSA) is 70.6 Å². The van der Waals surface area contributed by atoms with Crippen LogP contribution in [0.3, 0.4) is 0 Å². The quantitative estimate of drug-likeness (QED) is 0.573. The minimum atomic E-state index is -0.255. The van der Waals surface area contributed by atoms with Gasteiger partial charge >= 0.3 is 0 Å². The van der Waals surface area contributed by atoms with Gasteiger partial charge in [-0.3, -0.25) is 14.7 Å². The van der Waals surface area contributed by atoms with Crippen molar-refractivity contribution in [1.82, 2.24) is 20.2 Å². The molecule has 1 N–H and O–H groups in total. The molecule has 1 fully saturated rings. The second-order valence-corrected chi connectivity index (χ2v) is 8.60. The molecule has 0 atom stereocenters. The van der Waals surface area contributed by atoms with Gasteiger partial charge in [0.15, 0.2) is 0 Å². The van der Waals surface area contributed by atoms with E-state index in [-0.39, 0.29) is 11.6 Å². The SMILES string of the molecule is Cc1ccc(COc2cc(Cl)cc(C(=O)N(C)c3ccc(CN4CCNCC4)cc3)n2)cn1. The molecule has 4 rings (SSSR count). The molecule has 33 heavy (non-hydrogen) atoms. The van der Waals surface area contributed by atoms with E-state index in [0.29, 0.717) is 17.5 Å². The molecule has 172 valence electrons. The number of aromatic nitrogens is 2. The summed E-state index contributed by atoms with van der Waals surface area (Å²) in [6.07, 6.45) is 1.76. The summed E-state index contributed by atoms with van der Waals surface area (Å²) in [7, 11) is 1.73. The van der Waals surface area contributed by atoms with E-state index in [1.807, 2.05) is 31.2 Å². The Morgan fingerprint density at radius 2 is 1.85 bits per heavy atom. The van der Waals surface area contributed by atoms with E-state index < -0.39 is 0 Å². The van der Waals surface area contributed by atoms with Crippen molar-refractivity contribution >= 4 is 23.2 Å². The summed E-state index contributed by atoms with van der Waals surface area (Å²) in [6, 6.07) is 15.1. The van der Waals surface area contributed by atoms with Crippen LogP contribution in [0.1, 0.15) is 27.3 Å². The third-order valence-corrected chi connectivity index (χ3v) is 5.81. The second-order valence-electron chi connectivity index (χ2n) is 8.16. The van der Waals surface area contributed by atoms with E-state index in [4.69, 9.17) is 16.3 Å². The molecule has 0 spiro atoms. The van der Waals surface area contributed by atoms with Crippen LogP contribution in [0.15, 0.2) is 54.7 Å².